The minimum Gasteiger partial charge on any atom is -0.452 e. The number of carbonyl (C=O) groups is 2. The lowest BCUT2D eigenvalue weighted by molar-refractivity contribution is -0.169. The van der Waals surface area contributed by atoms with E-state index in [1.165, 1.54) is 0 Å². The Morgan fingerprint density at radius 2 is 1.24 bits per heavy atom. The van der Waals surface area contributed by atoms with E-state index < -0.39 is 11.9 Å². The molecule has 0 bridgehead atoms. The highest BCUT2D eigenvalue weighted by Crippen LogP contribution is 2.07. The van der Waals surface area contributed by atoms with Crippen LogP contribution in [-0.4, -0.2) is 11.9 Å². The maximum atomic E-state index is 11.5. The summed E-state index contributed by atoms with van der Waals surface area (Å²) >= 11 is 0. The van der Waals surface area contributed by atoms with Gasteiger partial charge in [-0.25, -0.2) is 9.59 Å². The molecule has 0 saturated carbocycles. The second kappa shape index (κ2) is 7.09. The number of carbonyl (C=O) groups excluding carboxylic acids is 2. The van der Waals surface area contributed by atoms with Crippen molar-refractivity contribution in [3.05, 3.63) is 65.7 Å². The molecule has 0 aliphatic rings. The first-order chi connectivity index (χ1) is 10.1. The summed E-state index contributed by atoms with van der Waals surface area (Å²) < 4.78 is 9.73. The average molecular weight is 285 g/mol. The molecule has 0 aromatic heterocycles. The molecule has 2 aromatic carbocycles. The van der Waals surface area contributed by atoms with Crippen LogP contribution in [0.25, 0.3) is 0 Å². The molecule has 108 valence electrons. The monoisotopic (exact) mass is 285 g/mol. The molecule has 5 nitrogen and oxygen atoms in total. The number of esters is 2. The predicted octanol–water partition coefficient (Wildman–Crippen LogP) is 2.06. The van der Waals surface area contributed by atoms with Crippen molar-refractivity contribution in [1.82, 2.24) is 0 Å². The summed E-state index contributed by atoms with van der Waals surface area (Å²) in [5.41, 5.74) is 7.71. The maximum absolute atomic E-state index is 11.5. The molecule has 0 unspecified atom stereocenters. The first-order valence-corrected chi connectivity index (χ1v) is 6.37. The summed E-state index contributed by atoms with van der Waals surface area (Å²) in [7, 11) is 0. The van der Waals surface area contributed by atoms with E-state index in [1.807, 2.05) is 18.2 Å². The Kier molecular flexibility index (Phi) is 4.93. The Bertz CT molecular complexity index is 608. The molecule has 5 heteroatoms. The van der Waals surface area contributed by atoms with Crippen molar-refractivity contribution >= 4 is 17.6 Å². The lowest BCUT2D eigenvalue weighted by Crippen LogP contribution is -2.20. The van der Waals surface area contributed by atoms with Gasteiger partial charge in [0.2, 0.25) is 0 Å². The van der Waals surface area contributed by atoms with Crippen LogP contribution in [0.1, 0.15) is 11.1 Å². The van der Waals surface area contributed by atoms with Crippen LogP contribution in [0.15, 0.2) is 54.6 Å². The number of ether oxygens (including phenoxy) is 2. The van der Waals surface area contributed by atoms with E-state index in [0.717, 1.165) is 11.1 Å². The zero-order valence-corrected chi connectivity index (χ0v) is 11.3. The third-order valence-corrected chi connectivity index (χ3v) is 2.73. The minimum absolute atomic E-state index is 0.000446. The van der Waals surface area contributed by atoms with Crippen molar-refractivity contribution in [2.24, 2.45) is 0 Å². The van der Waals surface area contributed by atoms with Crippen LogP contribution in [0, 0.1) is 0 Å². The zero-order valence-electron chi connectivity index (χ0n) is 11.3. The van der Waals surface area contributed by atoms with Gasteiger partial charge in [0, 0.05) is 5.69 Å². The normalized spacial score (nSPS) is 9.90. The molecule has 0 amide bonds. The fourth-order valence-electron chi connectivity index (χ4n) is 1.60. The molecule has 0 saturated heterocycles. The highest BCUT2D eigenvalue weighted by atomic mass is 16.6. The smallest absolute Gasteiger partial charge is 0.417 e. The molecular formula is C16H15NO4. The first-order valence-electron chi connectivity index (χ1n) is 6.37. The van der Waals surface area contributed by atoms with E-state index in [2.05, 4.69) is 0 Å². The van der Waals surface area contributed by atoms with Gasteiger partial charge in [0.15, 0.2) is 0 Å². The highest BCUT2D eigenvalue weighted by Gasteiger charge is 2.17. The zero-order chi connectivity index (χ0) is 15.1. The fraction of sp³-hybridized carbons (Fsp3) is 0.125. The van der Waals surface area contributed by atoms with E-state index in [0.29, 0.717) is 5.69 Å². The number of hydrogen-bond acceptors (Lipinski definition) is 5. The number of nitrogens with two attached hydrogens (primary N) is 1. The van der Waals surface area contributed by atoms with Crippen molar-refractivity contribution in [3.8, 4) is 0 Å². The molecule has 0 spiro atoms. The van der Waals surface area contributed by atoms with Crippen LogP contribution < -0.4 is 5.73 Å². The first kappa shape index (κ1) is 14.6. The van der Waals surface area contributed by atoms with Crippen LogP contribution in [0.2, 0.25) is 0 Å². The summed E-state index contributed by atoms with van der Waals surface area (Å²) in [5, 5.41) is 0. The molecule has 0 heterocycles. The molecule has 2 aromatic rings. The van der Waals surface area contributed by atoms with Crippen LogP contribution in [0.4, 0.5) is 5.69 Å². The van der Waals surface area contributed by atoms with E-state index in [-0.39, 0.29) is 13.2 Å². The minimum atomic E-state index is -1.01. The van der Waals surface area contributed by atoms with E-state index in [4.69, 9.17) is 15.2 Å². The topological polar surface area (TPSA) is 78.6 Å². The van der Waals surface area contributed by atoms with Gasteiger partial charge in [-0.1, -0.05) is 42.5 Å². The van der Waals surface area contributed by atoms with Gasteiger partial charge in [0.05, 0.1) is 0 Å². The fourth-order valence-corrected chi connectivity index (χ4v) is 1.60. The highest BCUT2D eigenvalue weighted by molar-refractivity contribution is 6.29. The number of rotatable bonds is 4. The van der Waals surface area contributed by atoms with Gasteiger partial charge in [-0.15, -0.1) is 0 Å². The molecule has 0 atom stereocenters. The lowest BCUT2D eigenvalue weighted by atomic mass is 10.2. The molecule has 2 N–H and O–H groups in total. The van der Waals surface area contributed by atoms with Gasteiger partial charge in [-0.2, -0.15) is 0 Å². The molecule has 0 aliphatic carbocycles. The summed E-state index contributed by atoms with van der Waals surface area (Å²) in [6.07, 6.45) is 0. The molecular weight excluding hydrogens is 270 g/mol. The number of nitrogen functional groups attached to an aromatic ring is 1. The van der Waals surface area contributed by atoms with Crippen LogP contribution in [0.3, 0.4) is 0 Å². The van der Waals surface area contributed by atoms with Gasteiger partial charge in [0.25, 0.3) is 0 Å². The van der Waals surface area contributed by atoms with Gasteiger partial charge in [-0.3, -0.25) is 0 Å². The number of hydrogen-bond donors (Lipinski definition) is 1. The predicted molar refractivity (Wildman–Crippen MR) is 76.9 cm³/mol. The Morgan fingerprint density at radius 1 is 0.762 bits per heavy atom. The molecule has 0 fully saturated rings. The van der Waals surface area contributed by atoms with Crippen LogP contribution in [-0.2, 0) is 32.3 Å². The summed E-state index contributed by atoms with van der Waals surface area (Å²) in [4.78, 5) is 23.0. The van der Waals surface area contributed by atoms with Gasteiger partial charge < -0.3 is 15.2 Å². The van der Waals surface area contributed by atoms with E-state index in [9.17, 15) is 9.59 Å². The second-order valence-electron chi connectivity index (χ2n) is 4.38. The Morgan fingerprint density at radius 3 is 1.76 bits per heavy atom. The van der Waals surface area contributed by atoms with E-state index in [1.54, 1.807) is 36.4 Å². The third kappa shape index (κ3) is 4.65. The van der Waals surface area contributed by atoms with Crippen molar-refractivity contribution in [2.75, 3.05) is 5.73 Å². The number of anilines is 1. The molecule has 0 radical (unpaired) electrons. The summed E-state index contributed by atoms with van der Waals surface area (Å²) in [6.45, 7) is 0.0379. The van der Waals surface area contributed by atoms with Crippen LogP contribution in [0.5, 0.6) is 0 Å². The summed E-state index contributed by atoms with van der Waals surface area (Å²) in [5.74, 6) is -2.02. The van der Waals surface area contributed by atoms with E-state index >= 15 is 0 Å². The van der Waals surface area contributed by atoms with Crippen molar-refractivity contribution in [3.63, 3.8) is 0 Å². The van der Waals surface area contributed by atoms with Gasteiger partial charge in [-0.05, 0) is 23.3 Å². The molecule has 0 aliphatic heterocycles. The third-order valence-electron chi connectivity index (χ3n) is 2.73. The number of benzene rings is 2. The quantitative estimate of drug-likeness (QED) is 0.528. The Balaban J connectivity index is 1.77. The largest absolute Gasteiger partial charge is 0.452 e. The van der Waals surface area contributed by atoms with Crippen LogP contribution >= 0.6 is 0 Å². The Hall–Kier alpha value is -2.82. The maximum Gasteiger partial charge on any atom is 0.417 e. The Labute approximate surface area is 122 Å². The lowest BCUT2D eigenvalue weighted by Gasteiger charge is -2.06. The molecule has 2 rings (SSSR count). The average Bonchev–Trinajstić information content (AvgIpc) is 2.52. The summed E-state index contributed by atoms with van der Waals surface area (Å²) in [6, 6.07) is 15.9. The van der Waals surface area contributed by atoms with Crippen molar-refractivity contribution in [2.45, 2.75) is 13.2 Å². The van der Waals surface area contributed by atoms with Gasteiger partial charge in [0.1, 0.15) is 13.2 Å². The van der Waals surface area contributed by atoms with Crippen molar-refractivity contribution in [1.29, 1.82) is 0 Å². The standard InChI is InChI=1S/C16H15NO4/c17-14-8-6-13(7-9-14)11-21-16(19)15(18)20-10-12-4-2-1-3-5-12/h1-9H,10-11,17H2. The second-order valence-corrected chi connectivity index (χ2v) is 4.38. The van der Waals surface area contributed by atoms with Crippen molar-refractivity contribution < 1.29 is 19.1 Å². The SMILES string of the molecule is Nc1ccc(COC(=O)C(=O)OCc2ccccc2)cc1. The van der Waals surface area contributed by atoms with Gasteiger partial charge >= 0.3 is 11.9 Å². The molecule has 21 heavy (non-hydrogen) atoms.